The third-order valence-electron chi connectivity index (χ3n) is 11.6. The second-order valence-corrected chi connectivity index (χ2v) is 21.8. The Balaban J connectivity index is 1.62. The van der Waals surface area contributed by atoms with E-state index in [4.69, 9.17) is 33.0 Å². The summed E-state index contributed by atoms with van der Waals surface area (Å²) in [7, 11) is -2.25. The van der Waals surface area contributed by atoms with Gasteiger partial charge in [-0.3, -0.25) is 4.90 Å². The van der Waals surface area contributed by atoms with E-state index in [1.54, 1.807) is 29.4 Å². The second-order valence-electron chi connectivity index (χ2n) is 15.5. The number of fused-ring (bicyclic) bond motifs is 4. The molecule has 15 heteroatoms. The topological polar surface area (TPSA) is 119 Å². The number of pyridine rings is 1. The normalized spacial score (nSPS) is 19.4. The van der Waals surface area contributed by atoms with Crippen molar-refractivity contribution in [3.05, 3.63) is 41.5 Å². The van der Waals surface area contributed by atoms with Gasteiger partial charge in [0.1, 0.15) is 42.1 Å². The van der Waals surface area contributed by atoms with Crippen molar-refractivity contribution < 1.29 is 41.7 Å². The Bertz CT molecular complexity index is 2310. The summed E-state index contributed by atoms with van der Waals surface area (Å²) in [5, 5.41) is 11.5. The van der Waals surface area contributed by atoms with E-state index < -0.39 is 44.4 Å². The maximum absolute atomic E-state index is 17.6. The van der Waals surface area contributed by atoms with E-state index >= 15 is 8.78 Å². The number of ether oxygens (including phenoxy) is 4. The maximum Gasteiger partial charge on any atom is 0.408 e. The van der Waals surface area contributed by atoms with Gasteiger partial charge in [0, 0.05) is 38.2 Å². The van der Waals surface area contributed by atoms with Crippen LogP contribution < -0.4 is 14.4 Å². The number of benzene rings is 2. The van der Waals surface area contributed by atoms with Gasteiger partial charge in [0.25, 0.3) is 0 Å². The van der Waals surface area contributed by atoms with Gasteiger partial charge in [0.05, 0.1) is 35.0 Å². The summed E-state index contributed by atoms with van der Waals surface area (Å²) >= 11 is 1.18. The molecule has 2 aromatic heterocycles. The number of carboxylic acid groups (broad SMARTS) is 1. The van der Waals surface area contributed by atoms with Gasteiger partial charge in [-0.1, -0.05) is 65.3 Å². The Kier molecular flexibility index (Phi) is 10.9. The first kappa shape index (κ1) is 37.4. The lowest BCUT2D eigenvalue weighted by Crippen LogP contribution is -2.65. The van der Waals surface area contributed by atoms with Crippen LogP contribution in [0.15, 0.2) is 29.4 Å². The van der Waals surface area contributed by atoms with Crippen molar-refractivity contribution in [2.45, 2.75) is 87.7 Å². The summed E-state index contributed by atoms with van der Waals surface area (Å²) < 4.78 is 79.1. The summed E-state index contributed by atoms with van der Waals surface area (Å²) in [4.78, 5) is 29.8. The van der Waals surface area contributed by atoms with Crippen LogP contribution in [-0.2, 0) is 9.47 Å². The Morgan fingerprint density at radius 3 is 2.45 bits per heavy atom. The molecule has 1 amide bonds. The highest BCUT2D eigenvalue weighted by atomic mass is 32.2. The van der Waals surface area contributed by atoms with Gasteiger partial charge in [-0.15, -0.1) is 5.54 Å². The molecular weight excluding hydrogens is 757 g/mol. The number of hydrogen-bond donors (Lipinski definition) is 1. The largest absolute Gasteiger partial charge is 0.480 e. The van der Waals surface area contributed by atoms with Crippen LogP contribution in [0, 0.1) is 23.1 Å². The number of thioether (sulfide) groups is 1. The highest BCUT2D eigenvalue weighted by Gasteiger charge is 2.54. The first-order valence-electron chi connectivity index (χ1n) is 20.1. The Morgan fingerprint density at radius 1 is 1.09 bits per heavy atom. The first-order valence-corrected chi connectivity index (χ1v) is 22.1. The van der Waals surface area contributed by atoms with Crippen LogP contribution in [0.5, 0.6) is 11.6 Å². The number of halogens is 2. The molecule has 1 N–H and O–H groups in total. The standard InChI is InChI=1S/C41H51F2N5O6SSi/c1-23(2)56(24(3)4,25(5)6)16-14-29-31(42)12-11-26-17-28(54-22-52-8)18-30(32(26)29)35-34(43)36-33(38(44-35)53-9)37(46-39(45-36)55-10)47-19-27-13-15-41(20-47,21-51-7)48(27)40(49)50/h11-12,17-18,23-25,27H,13,15,19-22H2,1-10H3,(H,49,50)/t27-,41+/m1/s1/i7D3. The van der Waals surface area contributed by atoms with Crippen molar-refractivity contribution in [1.82, 2.24) is 19.9 Å². The fourth-order valence-corrected chi connectivity index (χ4v) is 14.8. The number of carbonyl (C=O) groups is 1. The molecule has 2 aliphatic rings. The molecule has 2 atom stereocenters. The Morgan fingerprint density at radius 2 is 1.82 bits per heavy atom. The number of hydrogen-bond acceptors (Lipinski definition) is 10. The zero-order valence-electron chi connectivity index (χ0n) is 36.3. The molecule has 0 unspecified atom stereocenters. The van der Waals surface area contributed by atoms with Crippen LogP contribution in [-0.4, -0.2) is 105 Å². The molecule has 0 saturated carbocycles. The van der Waals surface area contributed by atoms with Gasteiger partial charge >= 0.3 is 6.09 Å². The lowest BCUT2D eigenvalue weighted by atomic mass is 9.95. The molecule has 4 aromatic rings. The molecule has 0 radical (unpaired) electrons. The summed E-state index contributed by atoms with van der Waals surface area (Å²) in [6.45, 7) is 12.7. The van der Waals surface area contributed by atoms with Crippen molar-refractivity contribution in [2.75, 3.05) is 58.9 Å². The third kappa shape index (κ3) is 7.03. The van der Waals surface area contributed by atoms with Gasteiger partial charge in [0.15, 0.2) is 17.8 Å². The van der Waals surface area contributed by atoms with Crippen LogP contribution in [0.25, 0.3) is 32.9 Å². The lowest BCUT2D eigenvalue weighted by molar-refractivity contribution is 0.0178. The van der Waals surface area contributed by atoms with E-state index in [9.17, 15) is 9.90 Å². The van der Waals surface area contributed by atoms with Gasteiger partial charge in [-0.05, 0) is 59.3 Å². The Hall–Kier alpha value is -4.23. The fourth-order valence-electron chi connectivity index (χ4n) is 9.20. The number of methoxy groups -OCH3 is 3. The number of nitrogens with zero attached hydrogens (tertiary/aromatic N) is 5. The van der Waals surface area contributed by atoms with E-state index in [1.165, 1.54) is 36.9 Å². The van der Waals surface area contributed by atoms with Gasteiger partial charge in [-0.2, -0.15) is 0 Å². The number of anilines is 1. The van der Waals surface area contributed by atoms with Crippen molar-refractivity contribution in [3.8, 4) is 34.4 Å². The van der Waals surface area contributed by atoms with E-state index in [1.807, 2.05) is 0 Å². The lowest BCUT2D eigenvalue weighted by Gasteiger charge is -2.47. The van der Waals surface area contributed by atoms with Crippen LogP contribution in [0.2, 0.25) is 16.6 Å². The molecule has 0 aliphatic carbocycles. The van der Waals surface area contributed by atoms with E-state index in [-0.39, 0.29) is 87.7 Å². The molecule has 56 heavy (non-hydrogen) atoms. The van der Waals surface area contributed by atoms with Crippen molar-refractivity contribution in [1.29, 1.82) is 0 Å². The summed E-state index contributed by atoms with van der Waals surface area (Å²) in [6.07, 6.45) is 1.34. The second kappa shape index (κ2) is 16.3. The summed E-state index contributed by atoms with van der Waals surface area (Å²) in [5.41, 5.74) is 3.20. The van der Waals surface area contributed by atoms with E-state index in [0.717, 1.165) is 0 Å². The molecule has 6 rings (SSSR count). The molecule has 2 fully saturated rings. The minimum Gasteiger partial charge on any atom is -0.480 e. The predicted molar refractivity (Wildman–Crippen MR) is 219 cm³/mol. The van der Waals surface area contributed by atoms with Crippen LogP contribution in [0.1, 0.15) is 64.1 Å². The molecule has 2 saturated heterocycles. The highest BCUT2D eigenvalue weighted by Crippen LogP contribution is 2.46. The zero-order chi connectivity index (χ0) is 43.2. The predicted octanol–water partition coefficient (Wildman–Crippen LogP) is 8.75. The molecule has 0 spiro atoms. The monoisotopic (exact) mass is 810 g/mol. The average molecular weight is 811 g/mol. The molecule has 2 aliphatic heterocycles. The van der Waals surface area contributed by atoms with E-state index in [2.05, 4.69) is 58.0 Å². The number of aromatic nitrogens is 3. The quantitative estimate of drug-likeness (QED) is 0.0487. The minimum atomic E-state index is -2.76. The number of rotatable bonds is 12. The molecular formula is C41H51F2N5O6SSi. The summed E-state index contributed by atoms with van der Waals surface area (Å²) in [5.74, 6) is 2.40. The molecule has 4 heterocycles. The van der Waals surface area contributed by atoms with Gasteiger partial charge in [0.2, 0.25) is 5.88 Å². The van der Waals surface area contributed by atoms with Crippen LogP contribution >= 0.6 is 11.8 Å². The van der Waals surface area contributed by atoms with Crippen molar-refractivity contribution in [2.24, 2.45) is 0 Å². The first-order chi connectivity index (χ1) is 27.8. The number of piperazine rings is 1. The molecule has 300 valence electrons. The van der Waals surface area contributed by atoms with Crippen LogP contribution in [0.3, 0.4) is 0 Å². The van der Waals surface area contributed by atoms with Gasteiger partial charge in [-0.25, -0.2) is 28.5 Å². The molecule has 2 aromatic carbocycles. The smallest absolute Gasteiger partial charge is 0.408 e. The highest BCUT2D eigenvalue weighted by molar-refractivity contribution is 7.98. The molecule has 2 bridgehead atoms. The van der Waals surface area contributed by atoms with E-state index in [0.29, 0.717) is 29.4 Å². The Labute approximate surface area is 336 Å². The van der Waals surface area contributed by atoms with Crippen LogP contribution in [0.4, 0.5) is 19.4 Å². The third-order valence-corrected chi connectivity index (χ3v) is 18.4. The van der Waals surface area contributed by atoms with Gasteiger partial charge < -0.3 is 29.0 Å². The van der Waals surface area contributed by atoms with Crippen molar-refractivity contribution >= 4 is 53.4 Å². The zero-order valence-corrected chi connectivity index (χ0v) is 35.1. The molecule has 11 nitrogen and oxygen atoms in total. The fraction of sp³-hybridized carbons (Fsp3) is 0.512. The maximum atomic E-state index is 17.6. The average Bonchev–Trinajstić information content (AvgIpc) is 3.42. The minimum absolute atomic E-state index is 0.00287. The SMILES string of the molecule is [2H]C([2H])([2H])OC[C@]12CC[C@H](CN(c3nc(SC)nc4c(F)c(-c5cc(OCOC)cc6ccc(F)c(C#C[Si](C(C)C)(C(C)C)C(C)C)c56)nc(OC)c34)C1)N2C(=O)O. The number of amides is 1. The summed E-state index contributed by atoms with van der Waals surface area (Å²) in [6, 6.07) is 5.71. The van der Waals surface area contributed by atoms with Crippen molar-refractivity contribution in [3.63, 3.8) is 0 Å².